The van der Waals surface area contributed by atoms with Crippen molar-refractivity contribution in [3.05, 3.63) is 0 Å². The third-order valence-electron chi connectivity index (χ3n) is 3.64. The highest BCUT2D eigenvalue weighted by Gasteiger charge is 2.49. The van der Waals surface area contributed by atoms with Gasteiger partial charge in [-0.3, -0.25) is 4.79 Å². The Morgan fingerprint density at radius 2 is 1.82 bits per heavy atom. The fourth-order valence-corrected chi connectivity index (χ4v) is 2.50. The number of alkyl halides is 2. The largest absolute Gasteiger partial charge is 0.342 e. The van der Waals surface area contributed by atoms with E-state index in [0.29, 0.717) is 0 Å². The molecule has 0 radical (unpaired) electrons. The van der Waals surface area contributed by atoms with E-state index in [1.54, 1.807) is 11.9 Å². The number of hydrogen-bond acceptors (Lipinski definition) is 2. The number of hydrogen-bond donors (Lipinski definition) is 1. The Bertz CT molecular complexity index is 275. The highest BCUT2D eigenvalue weighted by atomic mass is 35.5. The van der Waals surface area contributed by atoms with Crippen molar-refractivity contribution < 1.29 is 13.6 Å². The number of carbonyl (C=O) groups excluding carboxylic acids is 1. The monoisotopic (exact) mass is 268 g/mol. The van der Waals surface area contributed by atoms with Gasteiger partial charge in [0.25, 0.3) is 0 Å². The summed E-state index contributed by atoms with van der Waals surface area (Å²) < 4.78 is 25.3. The Hall–Kier alpha value is -0.420. The quantitative estimate of drug-likeness (QED) is 0.826. The molecule has 0 unspecified atom stereocenters. The topological polar surface area (TPSA) is 32.3 Å². The Morgan fingerprint density at radius 3 is 2.29 bits per heavy atom. The summed E-state index contributed by atoms with van der Waals surface area (Å²) in [6.45, 7) is 1.81. The van der Waals surface area contributed by atoms with Gasteiger partial charge in [-0.1, -0.05) is 0 Å². The van der Waals surface area contributed by atoms with Gasteiger partial charge in [0.05, 0.1) is 0 Å². The molecular weight excluding hydrogens is 250 g/mol. The molecule has 0 aromatic carbocycles. The Labute approximate surface area is 106 Å². The van der Waals surface area contributed by atoms with Crippen molar-refractivity contribution in [2.45, 2.75) is 37.6 Å². The number of amides is 1. The normalized spacial score (nSPS) is 24.6. The minimum absolute atomic E-state index is 0. The molecule has 17 heavy (non-hydrogen) atoms. The van der Waals surface area contributed by atoms with Crippen molar-refractivity contribution in [1.29, 1.82) is 0 Å². The number of halogens is 3. The van der Waals surface area contributed by atoms with Crippen molar-refractivity contribution >= 4 is 18.3 Å². The van der Waals surface area contributed by atoms with Crippen LogP contribution in [0.1, 0.15) is 25.7 Å². The Morgan fingerprint density at radius 1 is 1.29 bits per heavy atom. The second-order valence-corrected chi connectivity index (χ2v) is 4.89. The molecule has 1 saturated carbocycles. The Balaban J connectivity index is 0.00000144. The lowest BCUT2D eigenvalue weighted by Gasteiger charge is -2.39. The number of nitrogens with one attached hydrogen (secondary N) is 1. The van der Waals surface area contributed by atoms with Crippen molar-refractivity contribution in [2.75, 3.05) is 20.1 Å². The van der Waals surface area contributed by atoms with Crippen LogP contribution in [0.5, 0.6) is 0 Å². The molecular formula is C11H19ClF2N2O. The van der Waals surface area contributed by atoms with Crippen LogP contribution in [0.15, 0.2) is 0 Å². The summed E-state index contributed by atoms with van der Waals surface area (Å²) in [6, 6.07) is 0.225. The summed E-state index contributed by atoms with van der Waals surface area (Å²) in [5, 5.41) is 3.22. The van der Waals surface area contributed by atoms with Gasteiger partial charge in [0, 0.05) is 31.8 Å². The summed E-state index contributed by atoms with van der Waals surface area (Å²) in [5.41, 5.74) is 0. The van der Waals surface area contributed by atoms with E-state index in [-0.39, 0.29) is 37.2 Å². The van der Waals surface area contributed by atoms with Crippen LogP contribution in [-0.4, -0.2) is 42.9 Å². The lowest BCUT2D eigenvalue weighted by molar-refractivity contribution is -0.160. The average molecular weight is 269 g/mol. The molecule has 0 spiro atoms. The molecule has 0 bridgehead atoms. The van der Waals surface area contributed by atoms with E-state index in [4.69, 9.17) is 0 Å². The first-order valence-electron chi connectivity index (χ1n) is 5.85. The summed E-state index contributed by atoms with van der Waals surface area (Å²) >= 11 is 0. The second-order valence-electron chi connectivity index (χ2n) is 4.89. The number of nitrogens with zero attached hydrogens (tertiary/aromatic N) is 1. The van der Waals surface area contributed by atoms with Crippen molar-refractivity contribution in [3.63, 3.8) is 0 Å². The Kier molecular flexibility index (Phi) is 4.72. The van der Waals surface area contributed by atoms with Crippen molar-refractivity contribution in [3.8, 4) is 0 Å². The van der Waals surface area contributed by atoms with Gasteiger partial charge in [-0.2, -0.15) is 0 Å². The molecule has 3 nitrogen and oxygen atoms in total. The summed E-state index contributed by atoms with van der Waals surface area (Å²) in [6.07, 6.45) is 1.32. The van der Waals surface area contributed by atoms with Crippen LogP contribution in [0.3, 0.4) is 0 Å². The first-order valence-corrected chi connectivity index (χ1v) is 5.85. The average Bonchev–Trinajstić information content (AvgIpc) is 2.25. The summed E-state index contributed by atoms with van der Waals surface area (Å²) in [7, 11) is 1.74. The molecule has 1 aliphatic carbocycles. The smallest absolute Gasteiger partial charge is 0.249 e. The molecule has 100 valence electrons. The van der Waals surface area contributed by atoms with Crippen LogP contribution in [0.4, 0.5) is 8.78 Å². The summed E-state index contributed by atoms with van der Waals surface area (Å²) in [5.74, 6) is -3.15. The third-order valence-corrected chi connectivity index (χ3v) is 3.64. The number of piperidine rings is 1. The maximum atomic E-state index is 12.7. The van der Waals surface area contributed by atoms with E-state index in [0.717, 1.165) is 25.9 Å². The van der Waals surface area contributed by atoms with Gasteiger partial charge in [-0.25, -0.2) is 8.78 Å². The minimum Gasteiger partial charge on any atom is -0.342 e. The molecule has 2 rings (SSSR count). The molecule has 6 heteroatoms. The van der Waals surface area contributed by atoms with Crippen LogP contribution < -0.4 is 5.32 Å². The minimum atomic E-state index is -2.60. The van der Waals surface area contributed by atoms with E-state index < -0.39 is 11.8 Å². The number of rotatable bonds is 2. The molecule has 0 aromatic rings. The van der Waals surface area contributed by atoms with Gasteiger partial charge < -0.3 is 10.2 Å². The molecule has 0 aromatic heterocycles. The fourth-order valence-electron chi connectivity index (χ4n) is 2.50. The molecule has 1 amide bonds. The standard InChI is InChI=1S/C11H18F2N2O.ClH/c1-15(9-2-4-14-5-3-9)10(16)8-6-11(12,13)7-8;/h8-9,14H,2-7H2,1H3;1H. The molecule has 2 aliphatic rings. The molecule has 1 heterocycles. The van der Waals surface area contributed by atoms with Gasteiger partial charge in [-0.15, -0.1) is 12.4 Å². The highest BCUT2D eigenvalue weighted by Crippen LogP contribution is 2.43. The first-order chi connectivity index (χ1) is 7.49. The van der Waals surface area contributed by atoms with Crippen molar-refractivity contribution in [1.82, 2.24) is 10.2 Å². The van der Waals surface area contributed by atoms with Crippen LogP contribution in [0.25, 0.3) is 0 Å². The lowest BCUT2D eigenvalue weighted by Crippen LogP contribution is -2.50. The van der Waals surface area contributed by atoms with Gasteiger partial charge in [0.2, 0.25) is 11.8 Å². The van der Waals surface area contributed by atoms with Gasteiger partial charge in [-0.05, 0) is 25.9 Å². The SMILES string of the molecule is CN(C(=O)C1CC(F)(F)C1)C1CCNCC1.Cl. The van der Waals surface area contributed by atoms with Gasteiger partial charge >= 0.3 is 0 Å². The fraction of sp³-hybridized carbons (Fsp3) is 0.909. The lowest BCUT2D eigenvalue weighted by atomic mass is 9.80. The van der Waals surface area contributed by atoms with E-state index in [9.17, 15) is 13.6 Å². The maximum Gasteiger partial charge on any atom is 0.249 e. The van der Waals surface area contributed by atoms with Crippen LogP contribution in [0, 0.1) is 5.92 Å². The van der Waals surface area contributed by atoms with E-state index in [1.807, 2.05) is 0 Å². The molecule has 1 saturated heterocycles. The number of carbonyl (C=O) groups is 1. The predicted octanol–water partition coefficient (Wildman–Crippen LogP) is 1.66. The molecule has 2 fully saturated rings. The van der Waals surface area contributed by atoms with E-state index in [1.165, 1.54) is 0 Å². The maximum absolute atomic E-state index is 12.7. The zero-order valence-corrected chi connectivity index (χ0v) is 10.7. The van der Waals surface area contributed by atoms with Gasteiger partial charge in [0.1, 0.15) is 0 Å². The van der Waals surface area contributed by atoms with Gasteiger partial charge in [0.15, 0.2) is 0 Å². The third kappa shape index (κ3) is 3.28. The van der Waals surface area contributed by atoms with E-state index in [2.05, 4.69) is 5.32 Å². The van der Waals surface area contributed by atoms with E-state index >= 15 is 0 Å². The van der Waals surface area contributed by atoms with Crippen LogP contribution >= 0.6 is 12.4 Å². The predicted molar refractivity (Wildman–Crippen MR) is 63.6 cm³/mol. The molecule has 0 atom stereocenters. The van der Waals surface area contributed by atoms with Crippen LogP contribution in [-0.2, 0) is 4.79 Å². The zero-order valence-electron chi connectivity index (χ0n) is 9.92. The van der Waals surface area contributed by atoms with Crippen LogP contribution in [0.2, 0.25) is 0 Å². The first kappa shape index (κ1) is 14.6. The van der Waals surface area contributed by atoms with Crippen molar-refractivity contribution in [2.24, 2.45) is 5.92 Å². The molecule has 1 aliphatic heterocycles. The molecule has 1 N–H and O–H groups in total. The zero-order chi connectivity index (χ0) is 11.8. The second kappa shape index (κ2) is 5.48. The summed E-state index contributed by atoms with van der Waals surface area (Å²) in [4.78, 5) is 13.6. The highest BCUT2D eigenvalue weighted by molar-refractivity contribution is 5.85.